The molecule has 1 aromatic heterocycles. The lowest BCUT2D eigenvalue weighted by molar-refractivity contribution is 0.0921. The Morgan fingerprint density at radius 1 is 1.00 bits per heavy atom. The number of nitrogens with zero attached hydrogens (tertiary/aromatic N) is 4. The van der Waals surface area contributed by atoms with Crippen LogP contribution in [-0.2, 0) is 6.54 Å². The molecule has 8 heteroatoms. The lowest BCUT2D eigenvalue weighted by Crippen LogP contribution is -2.32. The number of tetrazole rings is 1. The normalized spacial score (nSPS) is 11.9. The summed E-state index contributed by atoms with van der Waals surface area (Å²) in [5, 5.41) is 18.3. The van der Waals surface area contributed by atoms with Crippen LogP contribution in [0.2, 0.25) is 0 Å². The molecule has 2 amide bonds. The zero-order valence-corrected chi connectivity index (χ0v) is 16.7. The third-order valence-corrected chi connectivity index (χ3v) is 4.48. The number of rotatable bonds is 7. The van der Waals surface area contributed by atoms with Crippen molar-refractivity contribution < 1.29 is 9.59 Å². The van der Waals surface area contributed by atoms with E-state index in [0.29, 0.717) is 23.5 Å². The van der Waals surface area contributed by atoms with Gasteiger partial charge in [0.25, 0.3) is 11.8 Å². The van der Waals surface area contributed by atoms with Gasteiger partial charge in [0, 0.05) is 18.2 Å². The highest BCUT2D eigenvalue weighted by atomic mass is 16.2. The number of hydrogen-bond donors (Lipinski definition) is 2. The van der Waals surface area contributed by atoms with Crippen LogP contribution >= 0.6 is 0 Å². The summed E-state index contributed by atoms with van der Waals surface area (Å²) in [7, 11) is 1.59. The van der Waals surface area contributed by atoms with E-state index >= 15 is 0 Å². The van der Waals surface area contributed by atoms with Crippen LogP contribution in [0.4, 0.5) is 0 Å². The Morgan fingerprint density at radius 2 is 1.72 bits per heavy atom. The zero-order chi connectivity index (χ0) is 20.8. The highest BCUT2D eigenvalue weighted by Gasteiger charge is 2.23. The number of hydrogen-bond acceptors (Lipinski definition) is 5. The fourth-order valence-corrected chi connectivity index (χ4v) is 2.91. The van der Waals surface area contributed by atoms with Crippen molar-refractivity contribution in [3.05, 3.63) is 77.1 Å². The molecule has 29 heavy (non-hydrogen) atoms. The molecule has 0 fully saturated rings. The van der Waals surface area contributed by atoms with Crippen molar-refractivity contribution in [2.45, 2.75) is 26.4 Å². The van der Waals surface area contributed by atoms with E-state index in [1.54, 1.807) is 31.3 Å². The van der Waals surface area contributed by atoms with E-state index in [1.165, 1.54) is 4.80 Å². The molecule has 0 aliphatic heterocycles. The van der Waals surface area contributed by atoms with Gasteiger partial charge in [-0.25, -0.2) is 0 Å². The molecule has 150 valence electrons. The fourth-order valence-electron chi connectivity index (χ4n) is 2.91. The van der Waals surface area contributed by atoms with E-state index in [0.717, 1.165) is 5.56 Å². The van der Waals surface area contributed by atoms with Gasteiger partial charge in [-0.05, 0) is 41.0 Å². The number of amides is 2. The Kier molecular flexibility index (Phi) is 6.33. The van der Waals surface area contributed by atoms with Gasteiger partial charge in [0.15, 0.2) is 5.82 Å². The molecule has 0 spiro atoms. The molecule has 0 radical (unpaired) electrons. The third-order valence-electron chi connectivity index (χ3n) is 4.48. The third kappa shape index (κ3) is 5.04. The average molecular weight is 392 g/mol. The first-order chi connectivity index (χ1) is 14.0. The summed E-state index contributed by atoms with van der Waals surface area (Å²) in [6.45, 7) is 4.35. The van der Waals surface area contributed by atoms with E-state index < -0.39 is 0 Å². The summed E-state index contributed by atoms with van der Waals surface area (Å²) in [5.41, 5.74) is 2.03. The van der Waals surface area contributed by atoms with Crippen LogP contribution in [0.1, 0.15) is 52.0 Å². The van der Waals surface area contributed by atoms with Crippen LogP contribution in [0.3, 0.4) is 0 Å². The van der Waals surface area contributed by atoms with Gasteiger partial charge in [-0.1, -0.05) is 44.2 Å². The minimum atomic E-state index is -0.367. The predicted molar refractivity (Wildman–Crippen MR) is 108 cm³/mol. The first-order valence-electron chi connectivity index (χ1n) is 9.42. The van der Waals surface area contributed by atoms with Crippen molar-refractivity contribution >= 4 is 11.8 Å². The second-order valence-electron chi connectivity index (χ2n) is 7.02. The molecule has 1 unspecified atom stereocenters. The molecule has 2 aromatic carbocycles. The van der Waals surface area contributed by atoms with Gasteiger partial charge in [0.1, 0.15) is 0 Å². The van der Waals surface area contributed by atoms with Crippen LogP contribution in [0.5, 0.6) is 0 Å². The Morgan fingerprint density at radius 3 is 2.41 bits per heavy atom. The first-order valence-corrected chi connectivity index (χ1v) is 9.42. The summed E-state index contributed by atoms with van der Waals surface area (Å²) < 4.78 is 0. The molecule has 8 nitrogen and oxygen atoms in total. The van der Waals surface area contributed by atoms with Crippen LogP contribution in [0.25, 0.3) is 0 Å². The molecular weight excluding hydrogens is 368 g/mol. The largest absolute Gasteiger partial charge is 0.355 e. The number of carbonyl (C=O) groups excluding carboxylic acids is 2. The van der Waals surface area contributed by atoms with Crippen molar-refractivity contribution in [1.29, 1.82) is 0 Å². The molecule has 0 saturated heterocycles. The number of carbonyl (C=O) groups is 2. The van der Waals surface area contributed by atoms with E-state index in [2.05, 4.69) is 26.0 Å². The van der Waals surface area contributed by atoms with E-state index in [1.807, 2.05) is 44.2 Å². The molecule has 0 saturated carbocycles. The van der Waals surface area contributed by atoms with E-state index in [4.69, 9.17) is 0 Å². The van der Waals surface area contributed by atoms with Crippen molar-refractivity contribution in [2.75, 3.05) is 7.05 Å². The Labute approximate surface area is 169 Å². The molecule has 0 aliphatic rings. The summed E-state index contributed by atoms with van der Waals surface area (Å²) in [5.74, 6) is 0.199. The van der Waals surface area contributed by atoms with Gasteiger partial charge in [-0.15, -0.1) is 10.2 Å². The lowest BCUT2D eigenvalue weighted by Gasteiger charge is -2.19. The van der Waals surface area contributed by atoms with Crippen molar-refractivity contribution in [1.82, 2.24) is 30.8 Å². The van der Waals surface area contributed by atoms with Crippen LogP contribution in [-0.4, -0.2) is 39.1 Å². The molecule has 1 heterocycles. The zero-order valence-electron chi connectivity index (χ0n) is 16.7. The maximum absolute atomic E-state index is 12.5. The number of aromatic nitrogens is 4. The average Bonchev–Trinajstić information content (AvgIpc) is 3.19. The maximum Gasteiger partial charge on any atom is 0.251 e. The monoisotopic (exact) mass is 392 g/mol. The van der Waals surface area contributed by atoms with Crippen LogP contribution in [0.15, 0.2) is 54.6 Å². The van der Waals surface area contributed by atoms with Gasteiger partial charge in [-0.2, -0.15) is 4.80 Å². The van der Waals surface area contributed by atoms with Gasteiger partial charge in [0.05, 0.1) is 12.6 Å². The second kappa shape index (κ2) is 9.09. The number of nitrogens with one attached hydrogen (secondary N) is 2. The van der Waals surface area contributed by atoms with Crippen molar-refractivity contribution in [3.8, 4) is 0 Å². The second-order valence-corrected chi connectivity index (χ2v) is 7.02. The van der Waals surface area contributed by atoms with Crippen molar-refractivity contribution in [3.63, 3.8) is 0 Å². The minimum absolute atomic E-state index is 0.0805. The molecule has 2 N–H and O–H groups in total. The van der Waals surface area contributed by atoms with Gasteiger partial charge < -0.3 is 10.6 Å². The lowest BCUT2D eigenvalue weighted by atomic mass is 10.0. The summed E-state index contributed by atoms with van der Waals surface area (Å²) in [6, 6.07) is 15.9. The summed E-state index contributed by atoms with van der Waals surface area (Å²) >= 11 is 0. The first kappa shape index (κ1) is 20.2. The summed E-state index contributed by atoms with van der Waals surface area (Å²) in [4.78, 5) is 25.8. The number of benzene rings is 2. The van der Waals surface area contributed by atoms with Gasteiger partial charge >= 0.3 is 0 Å². The highest BCUT2D eigenvalue weighted by molar-refractivity contribution is 5.94. The smallest absolute Gasteiger partial charge is 0.251 e. The molecule has 0 aliphatic carbocycles. The maximum atomic E-state index is 12.5. The molecule has 1 atom stereocenters. The minimum Gasteiger partial charge on any atom is -0.355 e. The molecular formula is C21H24N6O2. The molecule has 3 aromatic rings. The highest BCUT2D eigenvalue weighted by Crippen LogP contribution is 2.18. The fraction of sp³-hybridized carbons (Fsp3) is 0.286. The standard InChI is InChI=1S/C21H24N6O2/c1-14(2)18(23-21(29)16-9-5-4-6-10-16)19-24-26-27(25-19)13-15-8-7-11-17(12-15)20(28)22-3/h4-12,14,18H,13H2,1-3H3,(H,22,28)(H,23,29). The Hall–Kier alpha value is -3.55. The van der Waals surface area contributed by atoms with Crippen molar-refractivity contribution in [2.24, 2.45) is 5.92 Å². The van der Waals surface area contributed by atoms with E-state index in [9.17, 15) is 9.59 Å². The molecule has 3 rings (SSSR count). The van der Waals surface area contributed by atoms with Crippen LogP contribution < -0.4 is 10.6 Å². The topological polar surface area (TPSA) is 102 Å². The van der Waals surface area contributed by atoms with E-state index in [-0.39, 0.29) is 23.8 Å². The van der Waals surface area contributed by atoms with Crippen LogP contribution in [0, 0.1) is 5.92 Å². The quantitative estimate of drug-likeness (QED) is 0.642. The molecule has 0 bridgehead atoms. The predicted octanol–water partition coefficient (Wildman–Crippen LogP) is 2.21. The Bertz CT molecular complexity index is 984. The van der Waals surface area contributed by atoms with Gasteiger partial charge in [0.2, 0.25) is 0 Å². The Balaban J connectivity index is 1.74. The van der Waals surface area contributed by atoms with Gasteiger partial charge in [-0.3, -0.25) is 9.59 Å². The SMILES string of the molecule is CNC(=O)c1cccc(Cn2nnc(C(NC(=O)c3ccccc3)C(C)C)n2)c1. The summed E-state index contributed by atoms with van der Waals surface area (Å²) in [6.07, 6.45) is 0.